The van der Waals surface area contributed by atoms with Gasteiger partial charge in [-0.1, -0.05) is 37.3 Å². The van der Waals surface area contributed by atoms with Gasteiger partial charge in [0, 0.05) is 12.1 Å². The van der Waals surface area contributed by atoms with Crippen LogP contribution >= 0.6 is 0 Å². The molecule has 0 bridgehead atoms. The molecule has 1 unspecified atom stereocenters. The van der Waals surface area contributed by atoms with E-state index in [0.717, 1.165) is 5.56 Å². The van der Waals surface area contributed by atoms with Crippen LogP contribution in [0.1, 0.15) is 31.7 Å². The van der Waals surface area contributed by atoms with Gasteiger partial charge in [0.1, 0.15) is 5.75 Å². The Morgan fingerprint density at radius 2 is 1.74 bits per heavy atom. The van der Waals surface area contributed by atoms with Crippen molar-refractivity contribution in [3.8, 4) is 5.75 Å². The molecule has 1 saturated heterocycles. The van der Waals surface area contributed by atoms with Gasteiger partial charge in [-0.25, -0.2) is 0 Å². The molecule has 162 valence electrons. The van der Waals surface area contributed by atoms with E-state index < -0.39 is 11.3 Å². The summed E-state index contributed by atoms with van der Waals surface area (Å²) in [6, 6.07) is 15.9. The summed E-state index contributed by atoms with van der Waals surface area (Å²) in [5.74, 6) is -0.759. The number of carbonyl (C=O) groups excluding carboxylic acids is 4. The number of hydrogen-bond donors (Lipinski definition) is 3. The predicted octanol–water partition coefficient (Wildman–Crippen LogP) is 1.90. The fraction of sp³-hybridized carbons (Fsp3) is 0.304. The molecule has 8 nitrogen and oxygen atoms in total. The van der Waals surface area contributed by atoms with Crippen LogP contribution in [0.15, 0.2) is 54.6 Å². The lowest BCUT2D eigenvalue weighted by molar-refractivity contribution is -0.138. The number of rotatable bonds is 8. The summed E-state index contributed by atoms with van der Waals surface area (Å²) >= 11 is 0. The molecule has 3 N–H and O–H groups in total. The van der Waals surface area contributed by atoms with E-state index in [2.05, 4.69) is 16.0 Å². The number of hydrogen-bond acceptors (Lipinski definition) is 5. The molecule has 0 aliphatic carbocycles. The van der Waals surface area contributed by atoms with Crippen LogP contribution in [0.3, 0.4) is 0 Å². The Kier molecular flexibility index (Phi) is 7.02. The molecule has 1 heterocycles. The molecule has 1 fully saturated rings. The summed E-state index contributed by atoms with van der Waals surface area (Å²) in [4.78, 5) is 47.9. The number of ether oxygens (including phenoxy) is 1. The van der Waals surface area contributed by atoms with E-state index in [1.165, 1.54) is 0 Å². The molecule has 2 aromatic rings. The zero-order chi connectivity index (χ0) is 22.3. The SMILES string of the molecule is CCC1(c2ccc(NC(=O)CNC(=O)COc3ccccc3)cc2)CCC(=O)NC1=O. The Hall–Kier alpha value is -3.68. The number of benzene rings is 2. The largest absolute Gasteiger partial charge is 0.484 e. The van der Waals surface area contributed by atoms with E-state index in [1.54, 1.807) is 48.5 Å². The molecule has 0 spiro atoms. The van der Waals surface area contributed by atoms with Gasteiger partial charge in [0.15, 0.2) is 6.61 Å². The minimum Gasteiger partial charge on any atom is -0.484 e. The maximum Gasteiger partial charge on any atom is 0.258 e. The molecule has 0 saturated carbocycles. The lowest BCUT2D eigenvalue weighted by atomic mass is 9.72. The maximum absolute atomic E-state index is 12.5. The maximum atomic E-state index is 12.5. The highest BCUT2D eigenvalue weighted by atomic mass is 16.5. The average Bonchev–Trinajstić information content (AvgIpc) is 2.78. The second-order valence-corrected chi connectivity index (χ2v) is 7.32. The summed E-state index contributed by atoms with van der Waals surface area (Å²) in [6.07, 6.45) is 1.32. The first-order valence-electron chi connectivity index (χ1n) is 10.1. The fourth-order valence-electron chi connectivity index (χ4n) is 3.54. The Morgan fingerprint density at radius 3 is 2.39 bits per heavy atom. The monoisotopic (exact) mass is 423 g/mol. The van der Waals surface area contributed by atoms with Crippen molar-refractivity contribution in [2.24, 2.45) is 0 Å². The Morgan fingerprint density at radius 1 is 1.03 bits per heavy atom. The highest BCUT2D eigenvalue weighted by molar-refractivity contribution is 6.03. The highest BCUT2D eigenvalue weighted by Gasteiger charge is 2.42. The Balaban J connectivity index is 1.50. The molecule has 31 heavy (non-hydrogen) atoms. The van der Waals surface area contributed by atoms with Crippen LogP contribution in [0, 0.1) is 0 Å². The van der Waals surface area contributed by atoms with Crippen LogP contribution in [0.25, 0.3) is 0 Å². The van der Waals surface area contributed by atoms with Gasteiger partial charge in [-0.3, -0.25) is 24.5 Å². The zero-order valence-electron chi connectivity index (χ0n) is 17.3. The number of amides is 4. The smallest absolute Gasteiger partial charge is 0.258 e. The first-order chi connectivity index (χ1) is 14.9. The number of anilines is 1. The molecule has 1 aliphatic heterocycles. The van der Waals surface area contributed by atoms with E-state index in [0.29, 0.717) is 30.7 Å². The van der Waals surface area contributed by atoms with Crippen molar-refractivity contribution >= 4 is 29.3 Å². The minimum atomic E-state index is -0.747. The number of imide groups is 1. The minimum absolute atomic E-state index is 0.185. The molecule has 0 radical (unpaired) electrons. The van der Waals surface area contributed by atoms with Gasteiger partial charge in [0.25, 0.3) is 5.91 Å². The van der Waals surface area contributed by atoms with Crippen molar-refractivity contribution < 1.29 is 23.9 Å². The Labute approximate surface area is 180 Å². The van der Waals surface area contributed by atoms with E-state index in [-0.39, 0.29) is 30.9 Å². The van der Waals surface area contributed by atoms with Gasteiger partial charge in [0.05, 0.1) is 12.0 Å². The van der Waals surface area contributed by atoms with Crippen molar-refractivity contribution in [2.75, 3.05) is 18.5 Å². The average molecular weight is 423 g/mol. The van der Waals surface area contributed by atoms with E-state index in [1.807, 2.05) is 13.0 Å². The summed E-state index contributed by atoms with van der Waals surface area (Å²) in [7, 11) is 0. The summed E-state index contributed by atoms with van der Waals surface area (Å²) in [5, 5.41) is 7.62. The topological polar surface area (TPSA) is 114 Å². The molecular formula is C23H25N3O5. The van der Waals surface area contributed by atoms with Crippen LogP contribution in [0.2, 0.25) is 0 Å². The van der Waals surface area contributed by atoms with Crippen molar-refractivity contribution in [1.29, 1.82) is 0 Å². The molecule has 8 heteroatoms. The Bertz CT molecular complexity index is 959. The van der Waals surface area contributed by atoms with Gasteiger partial charge < -0.3 is 15.4 Å². The van der Waals surface area contributed by atoms with Crippen LogP contribution in [0.5, 0.6) is 5.75 Å². The second kappa shape index (κ2) is 9.88. The van der Waals surface area contributed by atoms with Gasteiger partial charge >= 0.3 is 0 Å². The molecule has 3 rings (SSSR count). The molecular weight excluding hydrogens is 398 g/mol. The third kappa shape index (κ3) is 5.48. The number of para-hydroxylation sites is 1. The van der Waals surface area contributed by atoms with E-state index >= 15 is 0 Å². The van der Waals surface area contributed by atoms with Gasteiger partial charge in [-0.15, -0.1) is 0 Å². The van der Waals surface area contributed by atoms with Crippen molar-refractivity contribution in [1.82, 2.24) is 10.6 Å². The quantitative estimate of drug-likeness (QED) is 0.561. The highest BCUT2D eigenvalue weighted by Crippen LogP contribution is 2.36. The predicted molar refractivity (Wildman–Crippen MR) is 114 cm³/mol. The number of piperidine rings is 1. The summed E-state index contributed by atoms with van der Waals surface area (Å²) < 4.78 is 5.33. The van der Waals surface area contributed by atoms with Crippen molar-refractivity contribution in [2.45, 2.75) is 31.6 Å². The third-order valence-electron chi connectivity index (χ3n) is 5.35. The molecule has 2 aromatic carbocycles. The zero-order valence-corrected chi connectivity index (χ0v) is 17.3. The van der Waals surface area contributed by atoms with Crippen LogP contribution in [-0.4, -0.2) is 36.8 Å². The molecule has 4 amide bonds. The van der Waals surface area contributed by atoms with Crippen LogP contribution in [0.4, 0.5) is 5.69 Å². The fourth-order valence-corrected chi connectivity index (χ4v) is 3.54. The lowest BCUT2D eigenvalue weighted by Crippen LogP contribution is -2.51. The standard InChI is InChI=1S/C23H25N3O5/c1-2-23(13-12-19(27)26-22(23)30)16-8-10-17(11-9-16)25-20(28)14-24-21(29)15-31-18-6-4-3-5-7-18/h3-11H,2,12-15H2,1H3,(H,24,29)(H,25,28)(H,26,27,30). The van der Waals surface area contributed by atoms with Gasteiger partial charge in [0.2, 0.25) is 17.7 Å². The lowest BCUT2D eigenvalue weighted by Gasteiger charge is -2.35. The van der Waals surface area contributed by atoms with Gasteiger partial charge in [-0.05, 0) is 42.7 Å². The first-order valence-corrected chi connectivity index (χ1v) is 10.1. The summed E-state index contributed by atoms with van der Waals surface area (Å²) in [5.41, 5.74) is 0.592. The first kappa shape index (κ1) is 22.0. The molecule has 1 aliphatic rings. The number of carbonyl (C=O) groups is 4. The van der Waals surface area contributed by atoms with E-state index in [4.69, 9.17) is 4.74 Å². The van der Waals surface area contributed by atoms with E-state index in [9.17, 15) is 19.2 Å². The van der Waals surface area contributed by atoms with Crippen molar-refractivity contribution in [3.63, 3.8) is 0 Å². The molecule has 1 atom stereocenters. The second-order valence-electron chi connectivity index (χ2n) is 7.32. The number of nitrogens with one attached hydrogen (secondary N) is 3. The molecule has 0 aromatic heterocycles. The van der Waals surface area contributed by atoms with Crippen LogP contribution in [-0.2, 0) is 24.6 Å². The van der Waals surface area contributed by atoms with Gasteiger partial charge in [-0.2, -0.15) is 0 Å². The summed E-state index contributed by atoms with van der Waals surface area (Å²) in [6.45, 7) is 1.53. The third-order valence-corrected chi connectivity index (χ3v) is 5.35. The van der Waals surface area contributed by atoms with Crippen molar-refractivity contribution in [3.05, 3.63) is 60.2 Å². The normalized spacial score (nSPS) is 18.1. The van der Waals surface area contributed by atoms with Crippen LogP contribution < -0.4 is 20.7 Å².